The first kappa shape index (κ1) is 13.6. The molecule has 0 aliphatic heterocycles. The maximum absolute atomic E-state index is 8.93. The highest BCUT2D eigenvalue weighted by molar-refractivity contribution is 7.12. The first-order valence-corrected chi connectivity index (χ1v) is 7.65. The lowest BCUT2D eigenvalue weighted by atomic mass is 9.90. The van der Waals surface area contributed by atoms with Crippen molar-refractivity contribution in [3.8, 4) is 6.07 Å². The van der Waals surface area contributed by atoms with Crippen molar-refractivity contribution >= 4 is 11.3 Å². The Kier molecular flexibility index (Phi) is 4.42. The van der Waals surface area contributed by atoms with Crippen LogP contribution in [0.3, 0.4) is 0 Å². The Balaban J connectivity index is 1.65. The Hall–Kier alpha value is -0.850. The molecule has 0 amide bonds. The first-order valence-electron chi connectivity index (χ1n) is 6.83. The summed E-state index contributed by atoms with van der Waals surface area (Å²) in [6.45, 7) is 6.02. The van der Waals surface area contributed by atoms with Crippen LogP contribution in [0.15, 0.2) is 6.07 Å². The van der Waals surface area contributed by atoms with Gasteiger partial charge in [-0.15, -0.1) is 11.3 Å². The monoisotopic (exact) mass is 262 g/mol. The number of aryl methyl sites for hydroxylation is 2. The van der Waals surface area contributed by atoms with E-state index in [0.717, 1.165) is 25.9 Å². The van der Waals surface area contributed by atoms with Gasteiger partial charge in [-0.2, -0.15) is 5.26 Å². The number of nitriles is 1. The van der Waals surface area contributed by atoms with Crippen LogP contribution in [0, 0.1) is 16.7 Å². The van der Waals surface area contributed by atoms with E-state index in [1.165, 1.54) is 24.1 Å². The molecule has 2 rings (SSSR count). The van der Waals surface area contributed by atoms with E-state index in [2.05, 4.69) is 17.5 Å². The molecule has 1 N–H and O–H groups in total. The molecule has 0 aromatic carbocycles. The van der Waals surface area contributed by atoms with Crippen LogP contribution >= 0.6 is 11.3 Å². The molecule has 1 aliphatic rings. The number of fused-ring (bicyclic) bond motifs is 1. The number of nitrogens with one attached hydrogen (secondary N) is 1. The van der Waals surface area contributed by atoms with E-state index in [4.69, 9.17) is 5.26 Å². The lowest BCUT2D eigenvalue weighted by Gasteiger charge is -2.14. The summed E-state index contributed by atoms with van der Waals surface area (Å²) in [5.74, 6) is 0. The van der Waals surface area contributed by atoms with Crippen molar-refractivity contribution in [2.75, 3.05) is 6.54 Å². The van der Waals surface area contributed by atoms with Gasteiger partial charge < -0.3 is 5.32 Å². The van der Waals surface area contributed by atoms with Crippen molar-refractivity contribution in [3.05, 3.63) is 21.4 Å². The quantitative estimate of drug-likeness (QED) is 0.794. The molecular formula is C15H22N2S. The van der Waals surface area contributed by atoms with E-state index in [9.17, 15) is 0 Å². The SMILES string of the molecule is CC(C)(C#N)CCCNCc1cc2c(s1)CCC2. The Morgan fingerprint density at radius 3 is 3.00 bits per heavy atom. The Bertz CT molecular complexity index is 418. The van der Waals surface area contributed by atoms with Crippen LogP contribution in [-0.4, -0.2) is 6.54 Å². The lowest BCUT2D eigenvalue weighted by molar-refractivity contribution is 0.426. The molecule has 1 heterocycles. The van der Waals surface area contributed by atoms with E-state index < -0.39 is 0 Å². The van der Waals surface area contributed by atoms with Crippen LogP contribution in [0.1, 0.15) is 48.4 Å². The molecule has 1 aliphatic carbocycles. The third-order valence-electron chi connectivity index (χ3n) is 3.55. The lowest BCUT2D eigenvalue weighted by Crippen LogP contribution is -2.17. The van der Waals surface area contributed by atoms with Gasteiger partial charge in [-0.1, -0.05) is 0 Å². The number of thiophene rings is 1. The molecule has 3 heteroatoms. The predicted molar refractivity (Wildman–Crippen MR) is 76.7 cm³/mol. The van der Waals surface area contributed by atoms with Gasteiger partial charge in [0.15, 0.2) is 0 Å². The van der Waals surface area contributed by atoms with Gasteiger partial charge in [0.05, 0.1) is 11.5 Å². The van der Waals surface area contributed by atoms with E-state index in [-0.39, 0.29) is 5.41 Å². The fourth-order valence-electron chi connectivity index (χ4n) is 2.40. The van der Waals surface area contributed by atoms with Gasteiger partial charge in [-0.05, 0) is 64.1 Å². The molecule has 0 fully saturated rings. The van der Waals surface area contributed by atoms with Gasteiger partial charge in [-0.3, -0.25) is 0 Å². The highest BCUT2D eigenvalue weighted by Gasteiger charge is 2.16. The maximum atomic E-state index is 8.93. The summed E-state index contributed by atoms with van der Waals surface area (Å²) in [5.41, 5.74) is 1.41. The standard InChI is InChI=1S/C15H22N2S/c1-15(2,11-16)7-4-8-17-10-13-9-12-5-3-6-14(12)18-13/h9,17H,3-8,10H2,1-2H3. The summed E-state index contributed by atoms with van der Waals surface area (Å²) >= 11 is 1.98. The second-order valence-corrected chi connectivity index (χ2v) is 7.01. The van der Waals surface area contributed by atoms with Gasteiger partial charge in [0.25, 0.3) is 0 Å². The molecule has 1 aromatic heterocycles. The topological polar surface area (TPSA) is 35.8 Å². The number of nitrogens with zero attached hydrogens (tertiary/aromatic N) is 1. The second kappa shape index (κ2) is 5.86. The molecule has 18 heavy (non-hydrogen) atoms. The van der Waals surface area contributed by atoms with Crippen molar-refractivity contribution in [2.45, 2.75) is 52.5 Å². The molecule has 98 valence electrons. The van der Waals surface area contributed by atoms with Crippen LogP contribution < -0.4 is 5.32 Å². The molecule has 0 bridgehead atoms. The van der Waals surface area contributed by atoms with Crippen molar-refractivity contribution in [2.24, 2.45) is 5.41 Å². The van der Waals surface area contributed by atoms with E-state index in [1.54, 1.807) is 10.4 Å². The second-order valence-electron chi connectivity index (χ2n) is 5.79. The van der Waals surface area contributed by atoms with Crippen LogP contribution in [0.2, 0.25) is 0 Å². The molecule has 0 atom stereocenters. The average molecular weight is 262 g/mol. The fourth-order valence-corrected chi connectivity index (χ4v) is 3.63. The molecule has 0 unspecified atom stereocenters. The van der Waals surface area contributed by atoms with Gasteiger partial charge >= 0.3 is 0 Å². The molecule has 1 aromatic rings. The fraction of sp³-hybridized carbons (Fsp3) is 0.667. The predicted octanol–water partition coefficient (Wildman–Crippen LogP) is 3.66. The zero-order valence-electron chi connectivity index (χ0n) is 11.4. The largest absolute Gasteiger partial charge is 0.312 e. The minimum atomic E-state index is -0.175. The molecular weight excluding hydrogens is 240 g/mol. The Labute approximate surface area is 114 Å². The van der Waals surface area contributed by atoms with Crippen LogP contribution in [0.5, 0.6) is 0 Å². The van der Waals surface area contributed by atoms with Gasteiger partial charge in [0.1, 0.15) is 0 Å². The average Bonchev–Trinajstić information content (AvgIpc) is 2.89. The molecule has 0 saturated heterocycles. The number of hydrogen-bond acceptors (Lipinski definition) is 3. The third-order valence-corrected chi connectivity index (χ3v) is 4.79. The van der Waals surface area contributed by atoms with Gasteiger partial charge in [-0.25, -0.2) is 0 Å². The first-order chi connectivity index (χ1) is 8.61. The van der Waals surface area contributed by atoms with Crippen molar-refractivity contribution in [1.29, 1.82) is 5.26 Å². The normalized spacial score (nSPS) is 14.5. The zero-order valence-corrected chi connectivity index (χ0v) is 12.2. The smallest absolute Gasteiger partial charge is 0.0683 e. The highest BCUT2D eigenvalue weighted by Crippen LogP contribution is 2.30. The van der Waals surface area contributed by atoms with Crippen molar-refractivity contribution in [1.82, 2.24) is 5.32 Å². The highest BCUT2D eigenvalue weighted by atomic mass is 32.1. The minimum absolute atomic E-state index is 0.175. The Morgan fingerprint density at radius 1 is 1.44 bits per heavy atom. The van der Waals surface area contributed by atoms with Crippen molar-refractivity contribution in [3.63, 3.8) is 0 Å². The molecule has 0 saturated carbocycles. The number of rotatable bonds is 6. The summed E-state index contributed by atoms with van der Waals surface area (Å²) in [4.78, 5) is 3.08. The van der Waals surface area contributed by atoms with Gasteiger partial charge in [0.2, 0.25) is 0 Å². The molecule has 0 spiro atoms. The van der Waals surface area contributed by atoms with Crippen LogP contribution in [-0.2, 0) is 19.4 Å². The number of hydrogen-bond donors (Lipinski definition) is 1. The molecule has 2 nitrogen and oxygen atoms in total. The van der Waals surface area contributed by atoms with Crippen LogP contribution in [0.25, 0.3) is 0 Å². The van der Waals surface area contributed by atoms with Gasteiger partial charge in [0, 0.05) is 16.3 Å². The Morgan fingerprint density at radius 2 is 2.28 bits per heavy atom. The van der Waals surface area contributed by atoms with E-state index in [0.29, 0.717) is 0 Å². The van der Waals surface area contributed by atoms with Crippen molar-refractivity contribution < 1.29 is 0 Å². The van der Waals surface area contributed by atoms with E-state index in [1.807, 2.05) is 25.2 Å². The summed E-state index contributed by atoms with van der Waals surface area (Å²) in [6, 6.07) is 4.72. The van der Waals surface area contributed by atoms with E-state index >= 15 is 0 Å². The third kappa shape index (κ3) is 3.57. The van der Waals surface area contributed by atoms with Crippen LogP contribution in [0.4, 0.5) is 0 Å². The maximum Gasteiger partial charge on any atom is 0.0683 e. The minimum Gasteiger partial charge on any atom is -0.312 e. The summed E-state index contributed by atoms with van der Waals surface area (Å²) in [5, 5.41) is 12.4. The summed E-state index contributed by atoms with van der Waals surface area (Å²) < 4.78 is 0. The summed E-state index contributed by atoms with van der Waals surface area (Å²) in [6.07, 6.45) is 5.96. The summed E-state index contributed by atoms with van der Waals surface area (Å²) in [7, 11) is 0. The molecule has 0 radical (unpaired) electrons. The zero-order chi connectivity index (χ0) is 13.0.